The average molecular weight is 252 g/mol. The van der Waals surface area contributed by atoms with Crippen molar-refractivity contribution < 1.29 is 4.39 Å². The highest BCUT2D eigenvalue weighted by Crippen LogP contribution is 2.27. The van der Waals surface area contributed by atoms with Crippen LogP contribution in [0.3, 0.4) is 0 Å². The second-order valence-electron chi connectivity index (χ2n) is 3.59. The highest BCUT2D eigenvalue weighted by molar-refractivity contribution is 6.33. The molecule has 0 bridgehead atoms. The van der Waals surface area contributed by atoms with Crippen molar-refractivity contribution in [2.75, 3.05) is 12.4 Å². The van der Waals surface area contributed by atoms with Crippen LogP contribution < -0.4 is 5.32 Å². The molecule has 2 aromatic rings. The second-order valence-corrected chi connectivity index (χ2v) is 4.00. The van der Waals surface area contributed by atoms with E-state index < -0.39 is 0 Å². The van der Waals surface area contributed by atoms with E-state index in [1.54, 1.807) is 19.2 Å². The number of anilines is 1. The molecule has 3 nitrogen and oxygen atoms in total. The molecule has 0 aliphatic heterocycles. The molecule has 0 saturated carbocycles. The summed E-state index contributed by atoms with van der Waals surface area (Å²) in [6, 6.07) is 6.05. The van der Waals surface area contributed by atoms with Crippen LogP contribution in [-0.2, 0) is 0 Å². The Morgan fingerprint density at radius 1 is 1.24 bits per heavy atom. The Morgan fingerprint density at radius 2 is 2.00 bits per heavy atom. The van der Waals surface area contributed by atoms with Crippen LogP contribution in [0, 0.1) is 12.7 Å². The maximum Gasteiger partial charge on any atom is 0.223 e. The molecule has 0 amide bonds. The lowest BCUT2D eigenvalue weighted by atomic mass is 10.1. The van der Waals surface area contributed by atoms with Gasteiger partial charge < -0.3 is 5.32 Å². The Labute approximate surface area is 104 Å². The lowest BCUT2D eigenvalue weighted by Gasteiger charge is -2.07. The minimum absolute atomic E-state index is 0.338. The molecule has 5 heteroatoms. The maximum atomic E-state index is 13.0. The minimum atomic E-state index is -0.363. The maximum absolute atomic E-state index is 13.0. The van der Waals surface area contributed by atoms with Crippen molar-refractivity contribution in [3.05, 3.63) is 40.8 Å². The monoisotopic (exact) mass is 251 g/mol. The molecular weight excluding hydrogens is 241 g/mol. The summed E-state index contributed by atoms with van der Waals surface area (Å²) < 4.78 is 13.0. The zero-order valence-corrected chi connectivity index (χ0v) is 10.2. The first kappa shape index (κ1) is 11.8. The largest absolute Gasteiger partial charge is 0.357 e. The van der Waals surface area contributed by atoms with Crippen LogP contribution >= 0.6 is 11.6 Å². The van der Waals surface area contributed by atoms with Crippen LogP contribution in [0.4, 0.5) is 10.3 Å². The Balaban J connectivity index is 2.55. The summed E-state index contributed by atoms with van der Waals surface area (Å²) in [6.07, 6.45) is 0. The lowest BCUT2D eigenvalue weighted by Crippen LogP contribution is -1.99. The number of hydrogen-bond donors (Lipinski definition) is 1. The van der Waals surface area contributed by atoms with Crippen LogP contribution in [0.2, 0.25) is 5.02 Å². The summed E-state index contributed by atoms with van der Waals surface area (Å²) in [5, 5.41) is 3.21. The van der Waals surface area contributed by atoms with E-state index >= 15 is 0 Å². The number of aromatic nitrogens is 2. The van der Waals surface area contributed by atoms with Crippen molar-refractivity contribution in [3.63, 3.8) is 0 Å². The van der Waals surface area contributed by atoms with E-state index in [-0.39, 0.29) is 5.82 Å². The van der Waals surface area contributed by atoms with Gasteiger partial charge in [0.25, 0.3) is 0 Å². The molecule has 0 aliphatic rings. The van der Waals surface area contributed by atoms with Crippen molar-refractivity contribution in [2.45, 2.75) is 6.92 Å². The van der Waals surface area contributed by atoms with E-state index in [2.05, 4.69) is 15.3 Å². The highest BCUT2D eigenvalue weighted by atomic mass is 35.5. The van der Waals surface area contributed by atoms with Crippen LogP contribution in [0.1, 0.15) is 5.69 Å². The summed E-state index contributed by atoms with van der Waals surface area (Å²) in [5.41, 5.74) is 2.18. The van der Waals surface area contributed by atoms with Gasteiger partial charge in [-0.3, -0.25) is 0 Å². The van der Waals surface area contributed by atoms with Crippen LogP contribution in [0.15, 0.2) is 24.3 Å². The fourth-order valence-electron chi connectivity index (χ4n) is 1.52. The fraction of sp³-hybridized carbons (Fsp3) is 0.167. The van der Waals surface area contributed by atoms with Gasteiger partial charge in [-0.05, 0) is 31.2 Å². The van der Waals surface area contributed by atoms with Gasteiger partial charge in [0.2, 0.25) is 5.95 Å². The van der Waals surface area contributed by atoms with Crippen LogP contribution in [0.25, 0.3) is 11.3 Å². The topological polar surface area (TPSA) is 37.8 Å². The number of aryl methyl sites for hydroxylation is 1. The van der Waals surface area contributed by atoms with Gasteiger partial charge in [-0.2, -0.15) is 0 Å². The summed E-state index contributed by atoms with van der Waals surface area (Å²) in [6.45, 7) is 1.86. The van der Waals surface area contributed by atoms with Crippen molar-refractivity contribution in [1.82, 2.24) is 9.97 Å². The van der Waals surface area contributed by atoms with Gasteiger partial charge in [-0.15, -0.1) is 0 Å². The standard InChI is InChI=1S/C12H11ClFN3/c1-7-5-11(17-12(15-2)16-7)9-4-3-8(14)6-10(9)13/h3-6H,1-2H3,(H,15,16,17). The molecule has 0 fully saturated rings. The van der Waals surface area contributed by atoms with E-state index in [0.717, 1.165) is 5.69 Å². The summed E-state index contributed by atoms with van der Waals surface area (Å²) in [4.78, 5) is 8.47. The van der Waals surface area contributed by atoms with Gasteiger partial charge in [-0.25, -0.2) is 14.4 Å². The van der Waals surface area contributed by atoms with Crippen LogP contribution in [0.5, 0.6) is 0 Å². The zero-order chi connectivity index (χ0) is 12.4. The minimum Gasteiger partial charge on any atom is -0.357 e. The van der Waals surface area contributed by atoms with E-state index in [0.29, 0.717) is 22.2 Å². The van der Waals surface area contributed by atoms with Gasteiger partial charge >= 0.3 is 0 Å². The second kappa shape index (κ2) is 4.67. The molecule has 1 heterocycles. The first-order valence-electron chi connectivity index (χ1n) is 5.09. The number of nitrogens with one attached hydrogen (secondary N) is 1. The number of hydrogen-bond acceptors (Lipinski definition) is 3. The summed E-state index contributed by atoms with van der Waals surface area (Å²) in [5.74, 6) is 0.152. The summed E-state index contributed by atoms with van der Waals surface area (Å²) >= 11 is 5.99. The van der Waals surface area contributed by atoms with Crippen molar-refractivity contribution >= 4 is 17.5 Å². The Morgan fingerprint density at radius 3 is 2.65 bits per heavy atom. The van der Waals surface area contributed by atoms with Gasteiger partial charge in [0.05, 0.1) is 10.7 Å². The molecule has 1 aromatic heterocycles. The quantitative estimate of drug-likeness (QED) is 0.890. The number of nitrogens with zero attached hydrogens (tertiary/aromatic N) is 2. The van der Waals surface area contributed by atoms with Gasteiger partial charge in [0.1, 0.15) is 5.82 Å². The highest BCUT2D eigenvalue weighted by Gasteiger charge is 2.08. The van der Waals surface area contributed by atoms with E-state index in [4.69, 9.17) is 11.6 Å². The molecule has 0 saturated heterocycles. The third-order valence-electron chi connectivity index (χ3n) is 2.28. The van der Waals surface area contributed by atoms with Gasteiger partial charge in [0, 0.05) is 18.3 Å². The molecule has 0 unspecified atom stereocenters. The Hall–Kier alpha value is -1.68. The molecule has 0 spiro atoms. The van der Waals surface area contributed by atoms with Gasteiger partial charge in [-0.1, -0.05) is 11.6 Å². The molecule has 1 N–H and O–H groups in total. The molecule has 1 aromatic carbocycles. The smallest absolute Gasteiger partial charge is 0.223 e. The predicted molar refractivity (Wildman–Crippen MR) is 66.7 cm³/mol. The van der Waals surface area contributed by atoms with Crippen LogP contribution in [-0.4, -0.2) is 17.0 Å². The SMILES string of the molecule is CNc1nc(C)cc(-c2ccc(F)cc2Cl)n1. The molecule has 0 radical (unpaired) electrons. The Bertz CT molecular complexity index is 557. The average Bonchev–Trinajstić information content (AvgIpc) is 2.28. The van der Waals surface area contributed by atoms with E-state index in [9.17, 15) is 4.39 Å². The van der Waals surface area contributed by atoms with Crippen molar-refractivity contribution in [1.29, 1.82) is 0 Å². The molecule has 88 valence electrons. The van der Waals surface area contributed by atoms with Gasteiger partial charge in [0.15, 0.2) is 0 Å². The molecule has 17 heavy (non-hydrogen) atoms. The third-order valence-corrected chi connectivity index (χ3v) is 2.60. The molecular formula is C12H11ClFN3. The Kier molecular flexibility index (Phi) is 3.24. The van der Waals surface area contributed by atoms with E-state index in [1.165, 1.54) is 12.1 Å². The number of benzene rings is 1. The first-order valence-corrected chi connectivity index (χ1v) is 5.47. The summed E-state index contributed by atoms with van der Waals surface area (Å²) in [7, 11) is 1.74. The first-order chi connectivity index (χ1) is 8.10. The molecule has 0 aliphatic carbocycles. The zero-order valence-electron chi connectivity index (χ0n) is 9.46. The van der Waals surface area contributed by atoms with E-state index in [1.807, 2.05) is 6.92 Å². The molecule has 2 rings (SSSR count). The third kappa shape index (κ3) is 2.53. The normalized spacial score (nSPS) is 10.4. The predicted octanol–water partition coefficient (Wildman–Crippen LogP) is 3.29. The molecule has 0 atom stereocenters. The fourth-order valence-corrected chi connectivity index (χ4v) is 1.78. The lowest BCUT2D eigenvalue weighted by molar-refractivity contribution is 0.628. The number of rotatable bonds is 2. The van der Waals surface area contributed by atoms with Crippen molar-refractivity contribution in [2.24, 2.45) is 0 Å². The van der Waals surface area contributed by atoms with Crippen molar-refractivity contribution in [3.8, 4) is 11.3 Å². The number of halogens is 2.